The van der Waals surface area contributed by atoms with Crippen LogP contribution in [0.2, 0.25) is 0 Å². The maximum Gasteiger partial charge on any atom is 3.00 e. The van der Waals surface area contributed by atoms with Gasteiger partial charge in [-0.1, -0.05) is 4.90 Å². The molecule has 1 N–H and O–H groups in total. The van der Waals surface area contributed by atoms with Crippen molar-refractivity contribution in [3.63, 3.8) is 0 Å². The van der Waals surface area contributed by atoms with Gasteiger partial charge >= 0.3 is 17.1 Å². The molecule has 2 aromatic carbocycles. The fraction of sp³-hybridized carbons (Fsp3) is 0. The monoisotopic (exact) mass is 264 g/mol. The minimum Gasteiger partial charge on any atom is -0.571 e. The molecule has 0 unspecified atom stereocenters. The molecule has 0 saturated heterocycles. The Morgan fingerprint density at radius 3 is 1.67 bits per heavy atom. The van der Waals surface area contributed by atoms with Crippen LogP contribution in [0.5, 0.6) is 0 Å². The average Bonchev–Trinajstić information content (AvgIpc) is 2.80. The zero-order valence-corrected chi connectivity index (χ0v) is 9.70. The van der Waals surface area contributed by atoms with Crippen molar-refractivity contribution < 1.29 is 25.5 Å². The molecule has 2 rings (SSSR count). The summed E-state index contributed by atoms with van der Waals surface area (Å²) in [6.45, 7) is 0. The van der Waals surface area contributed by atoms with Gasteiger partial charge in [0.15, 0.2) is 0 Å². The number of rotatable bonds is 1. The summed E-state index contributed by atoms with van der Waals surface area (Å²) < 4.78 is 20.7. The fourth-order valence-electron chi connectivity index (χ4n) is 0.856. The normalized spacial score (nSPS) is 9.67. The maximum atomic E-state index is 10.4. The predicted molar refractivity (Wildman–Crippen MR) is 55.6 cm³/mol. The van der Waals surface area contributed by atoms with Gasteiger partial charge in [-0.2, -0.15) is 30.3 Å². The van der Waals surface area contributed by atoms with Crippen LogP contribution in [0, 0.1) is 0 Å². The van der Waals surface area contributed by atoms with Gasteiger partial charge in [0.2, 0.25) is 0 Å². The van der Waals surface area contributed by atoms with E-state index in [2.05, 4.69) is 0 Å². The first-order chi connectivity index (χ1) is 6.61. The van der Waals surface area contributed by atoms with Gasteiger partial charge in [0.05, 0.1) is 10.0 Å². The molecule has 0 aliphatic heterocycles. The van der Waals surface area contributed by atoms with E-state index in [0.717, 1.165) is 0 Å². The van der Waals surface area contributed by atoms with Gasteiger partial charge in [-0.05, 0) is 0 Å². The van der Waals surface area contributed by atoms with E-state index in [0.29, 0.717) is 0 Å². The zero-order chi connectivity index (χ0) is 10.4. The molecule has 0 aliphatic rings. The Labute approximate surface area is 100 Å². The van der Waals surface area contributed by atoms with E-state index in [1.165, 1.54) is 12.1 Å². The van der Waals surface area contributed by atoms with Crippen LogP contribution in [-0.4, -0.2) is 8.42 Å². The van der Waals surface area contributed by atoms with Crippen LogP contribution in [0.25, 0.3) is 5.14 Å². The number of hydrogen-bond acceptors (Lipinski definition) is 2. The summed E-state index contributed by atoms with van der Waals surface area (Å²) in [4.78, 5) is 0.0579. The second kappa shape index (κ2) is 6.58. The molecular weight excluding hydrogens is 254 g/mol. The summed E-state index contributed by atoms with van der Waals surface area (Å²) in [5.41, 5.74) is 0. The molecule has 0 bridgehead atoms. The molecule has 0 spiro atoms. The molecule has 0 amide bonds. The van der Waals surface area contributed by atoms with Gasteiger partial charge < -0.3 is 5.14 Å². The number of nitrogens with one attached hydrogen (secondary N) is 1. The topological polar surface area (TPSA) is 57.9 Å². The third-order valence-electron chi connectivity index (χ3n) is 1.50. The standard InChI is InChI=1S/C5H5NO2S.C5H5.Fe/c6-9(7,8)5-3-1-2-4-5;1-2-4-5-3-1;/h1-4H,(H-,6,7,8);1-5H;/q-2;-1;+3. The Morgan fingerprint density at radius 2 is 1.47 bits per heavy atom. The number of sulfonamides is 1. The van der Waals surface area contributed by atoms with Crippen molar-refractivity contribution >= 4 is 10.0 Å². The summed E-state index contributed by atoms with van der Waals surface area (Å²) >= 11 is 0. The van der Waals surface area contributed by atoms with Crippen LogP contribution in [0.1, 0.15) is 0 Å². The van der Waals surface area contributed by atoms with Crippen LogP contribution < -0.4 is 0 Å². The molecular formula is C10H10FeNO2S. The Hall–Kier alpha value is -0.871. The predicted octanol–water partition coefficient (Wildman–Crippen LogP) is 2.55. The van der Waals surface area contributed by atoms with E-state index in [-0.39, 0.29) is 22.0 Å². The summed E-state index contributed by atoms with van der Waals surface area (Å²) in [5, 5.41) is 6.56. The Kier molecular flexibility index (Phi) is 6.20. The largest absolute Gasteiger partial charge is 3.00 e. The van der Waals surface area contributed by atoms with Crippen molar-refractivity contribution in [3.8, 4) is 0 Å². The fourth-order valence-corrected chi connectivity index (χ4v) is 1.37. The van der Waals surface area contributed by atoms with Gasteiger partial charge in [-0.15, -0.1) is 0 Å². The first-order valence-corrected chi connectivity index (χ1v) is 5.47. The smallest absolute Gasteiger partial charge is 0.571 e. The van der Waals surface area contributed by atoms with E-state index >= 15 is 0 Å². The van der Waals surface area contributed by atoms with E-state index < -0.39 is 10.0 Å². The van der Waals surface area contributed by atoms with E-state index in [1.54, 1.807) is 12.1 Å². The van der Waals surface area contributed by atoms with Crippen molar-refractivity contribution in [2.24, 2.45) is 0 Å². The molecule has 0 aromatic heterocycles. The molecule has 0 saturated carbocycles. The molecule has 2 aromatic rings. The molecule has 3 nitrogen and oxygen atoms in total. The van der Waals surface area contributed by atoms with Crippen molar-refractivity contribution in [3.05, 3.63) is 59.7 Å². The van der Waals surface area contributed by atoms with Crippen LogP contribution in [0.4, 0.5) is 0 Å². The maximum absolute atomic E-state index is 10.4. The van der Waals surface area contributed by atoms with Crippen molar-refractivity contribution in [1.29, 1.82) is 0 Å². The average molecular weight is 264 g/mol. The number of hydrogen-bond donors (Lipinski definition) is 0. The Balaban J connectivity index is 0.000000280. The van der Waals surface area contributed by atoms with Gasteiger partial charge in [0, 0.05) is 0 Å². The zero-order valence-electron chi connectivity index (χ0n) is 7.77. The second-order valence-corrected chi connectivity index (χ2v) is 4.06. The molecule has 15 heavy (non-hydrogen) atoms. The molecule has 0 heterocycles. The molecule has 5 heteroatoms. The summed E-state index contributed by atoms with van der Waals surface area (Å²) in [7, 11) is -3.71. The molecule has 1 radical (unpaired) electrons. The Morgan fingerprint density at radius 1 is 1.00 bits per heavy atom. The minimum absolute atomic E-state index is 0. The van der Waals surface area contributed by atoms with Gasteiger partial charge in [-0.3, -0.25) is 8.42 Å². The van der Waals surface area contributed by atoms with E-state index in [9.17, 15) is 8.42 Å². The minimum atomic E-state index is -3.71. The first-order valence-electron chi connectivity index (χ1n) is 3.99. The van der Waals surface area contributed by atoms with Gasteiger partial charge in [-0.25, -0.2) is 24.3 Å². The van der Waals surface area contributed by atoms with Crippen molar-refractivity contribution in [2.75, 3.05) is 0 Å². The van der Waals surface area contributed by atoms with Crippen LogP contribution in [-0.2, 0) is 27.1 Å². The molecule has 0 fully saturated rings. The molecule has 81 valence electrons. The van der Waals surface area contributed by atoms with Gasteiger partial charge in [0.25, 0.3) is 0 Å². The van der Waals surface area contributed by atoms with Gasteiger partial charge in [0.1, 0.15) is 0 Å². The molecule has 0 atom stereocenters. The van der Waals surface area contributed by atoms with E-state index in [1.807, 2.05) is 30.3 Å². The Bertz CT molecular complexity index is 415. The second-order valence-electron chi connectivity index (χ2n) is 2.59. The van der Waals surface area contributed by atoms with E-state index in [4.69, 9.17) is 5.14 Å². The summed E-state index contributed by atoms with van der Waals surface area (Å²) in [6, 6.07) is 16.0. The van der Waals surface area contributed by atoms with Crippen LogP contribution in [0.3, 0.4) is 0 Å². The van der Waals surface area contributed by atoms with Crippen molar-refractivity contribution in [1.82, 2.24) is 0 Å². The molecule has 0 aliphatic carbocycles. The third kappa shape index (κ3) is 5.54. The first kappa shape index (κ1) is 14.1. The van der Waals surface area contributed by atoms with Crippen molar-refractivity contribution in [2.45, 2.75) is 4.90 Å². The summed E-state index contributed by atoms with van der Waals surface area (Å²) in [6.07, 6.45) is 0. The van der Waals surface area contributed by atoms with Crippen LogP contribution in [0.15, 0.2) is 59.5 Å². The SMILES string of the molecule is [Fe+3].[NH-]S(=O)(=O)[c-]1cccc1.c1cc[cH-]c1. The van der Waals surface area contributed by atoms with Crippen LogP contribution >= 0.6 is 0 Å². The third-order valence-corrected chi connectivity index (χ3v) is 2.39. The summed E-state index contributed by atoms with van der Waals surface area (Å²) in [5.74, 6) is 0. The quantitative estimate of drug-likeness (QED) is 0.587.